The predicted octanol–water partition coefficient (Wildman–Crippen LogP) is 3.02. The van der Waals surface area contributed by atoms with E-state index in [0.717, 1.165) is 18.8 Å². The quantitative estimate of drug-likeness (QED) is 0.626. The SMILES string of the molecule is CC1CCC(C(CCc2ccsc2)NN)(N(C)C)CC1. The Morgan fingerprint density at radius 1 is 1.45 bits per heavy atom. The van der Waals surface area contributed by atoms with Crippen LogP contribution >= 0.6 is 11.3 Å². The molecule has 0 bridgehead atoms. The zero-order valence-electron chi connectivity index (χ0n) is 13.1. The minimum Gasteiger partial charge on any atom is -0.302 e. The molecule has 1 aliphatic rings. The summed E-state index contributed by atoms with van der Waals surface area (Å²) in [5, 5.41) is 4.41. The van der Waals surface area contributed by atoms with E-state index in [1.807, 2.05) is 0 Å². The number of hydrogen-bond acceptors (Lipinski definition) is 4. The molecule has 0 aromatic carbocycles. The lowest BCUT2D eigenvalue weighted by Gasteiger charge is -2.49. The number of thiophene rings is 1. The van der Waals surface area contributed by atoms with Crippen LogP contribution in [-0.2, 0) is 6.42 Å². The Morgan fingerprint density at radius 2 is 2.15 bits per heavy atom. The smallest absolute Gasteiger partial charge is 0.0397 e. The average molecular weight is 295 g/mol. The number of likely N-dealkylation sites (N-methyl/N-ethyl adjacent to an activating group) is 1. The average Bonchev–Trinajstić information content (AvgIpc) is 2.94. The van der Waals surface area contributed by atoms with E-state index < -0.39 is 0 Å². The summed E-state index contributed by atoms with van der Waals surface area (Å²) < 4.78 is 0. The van der Waals surface area contributed by atoms with Crippen LogP contribution in [0.1, 0.15) is 44.6 Å². The molecule has 1 fully saturated rings. The first-order valence-electron chi connectivity index (χ1n) is 7.73. The van der Waals surface area contributed by atoms with Crippen molar-refractivity contribution in [1.82, 2.24) is 10.3 Å². The zero-order valence-corrected chi connectivity index (χ0v) is 13.9. The molecule has 4 heteroatoms. The van der Waals surface area contributed by atoms with E-state index in [1.165, 1.54) is 31.2 Å². The van der Waals surface area contributed by atoms with Gasteiger partial charge in [0.2, 0.25) is 0 Å². The standard InChI is InChI=1S/C16H29N3S/c1-13-6-9-16(10-7-13,19(2)3)15(18-17)5-4-14-8-11-20-12-14/h8,11-13,15,18H,4-7,9-10,17H2,1-3H3. The maximum Gasteiger partial charge on any atom is 0.0397 e. The summed E-state index contributed by atoms with van der Waals surface area (Å²) in [5.74, 6) is 6.79. The summed E-state index contributed by atoms with van der Waals surface area (Å²) in [6.07, 6.45) is 7.35. The van der Waals surface area contributed by atoms with Crippen molar-refractivity contribution in [2.75, 3.05) is 14.1 Å². The van der Waals surface area contributed by atoms with Gasteiger partial charge in [-0.05, 0) is 80.9 Å². The van der Waals surface area contributed by atoms with E-state index in [4.69, 9.17) is 5.84 Å². The van der Waals surface area contributed by atoms with Crippen LogP contribution in [0.3, 0.4) is 0 Å². The molecule has 2 rings (SSSR count). The number of nitrogens with zero attached hydrogens (tertiary/aromatic N) is 1. The Bertz CT molecular complexity index is 380. The second-order valence-electron chi connectivity index (χ2n) is 6.57. The number of hydrogen-bond donors (Lipinski definition) is 2. The van der Waals surface area contributed by atoms with Crippen LogP contribution in [0.15, 0.2) is 16.8 Å². The van der Waals surface area contributed by atoms with Gasteiger partial charge >= 0.3 is 0 Å². The van der Waals surface area contributed by atoms with E-state index in [2.05, 4.69) is 48.2 Å². The van der Waals surface area contributed by atoms with Crippen molar-refractivity contribution in [3.05, 3.63) is 22.4 Å². The molecule has 0 radical (unpaired) electrons. The van der Waals surface area contributed by atoms with Gasteiger partial charge in [-0.1, -0.05) is 6.92 Å². The lowest BCUT2D eigenvalue weighted by Crippen LogP contribution is -2.62. The minimum atomic E-state index is 0.220. The van der Waals surface area contributed by atoms with Crippen LogP contribution < -0.4 is 11.3 Å². The highest BCUT2D eigenvalue weighted by molar-refractivity contribution is 7.07. The molecular weight excluding hydrogens is 266 g/mol. The molecular formula is C16H29N3S. The van der Waals surface area contributed by atoms with Gasteiger partial charge in [0.05, 0.1) is 0 Å². The molecule has 0 saturated heterocycles. The molecule has 0 amide bonds. The molecule has 3 N–H and O–H groups in total. The highest BCUT2D eigenvalue weighted by Gasteiger charge is 2.42. The van der Waals surface area contributed by atoms with Crippen LogP contribution in [0.4, 0.5) is 0 Å². The first-order valence-corrected chi connectivity index (χ1v) is 8.67. The van der Waals surface area contributed by atoms with E-state index >= 15 is 0 Å². The number of rotatable bonds is 6. The van der Waals surface area contributed by atoms with E-state index in [9.17, 15) is 0 Å². The normalized spacial score (nSPS) is 28.8. The van der Waals surface area contributed by atoms with E-state index in [0.29, 0.717) is 6.04 Å². The zero-order chi connectivity index (χ0) is 14.6. The molecule has 1 aromatic heterocycles. The van der Waals surface area contributed by atoms with Gasteiger partial charge in [-0.25, -0.2) is 0 Å². The Balaban J connectivity index is 2.05. The van der Waals surface area contributed by atoms with Gasteiger partial charge in [-0.15, -0.1) is 0 Å². The summed E-state index contributed by atoms with van der Waals surface area (Å²) in [6, 6.07) is 2.59. The third-order valence-corrected chi connectivity index (χ3v) is 5.91. The second kappa shape index (κ2) is 7.03. The molecule has 0 aliphatic heterocycles. The Labute approximate surface area is 127 Å². The number of aryl methyl sites for hydroxylation is 1. The minimum absolute atomic E-state index is 0.220. The summed E-state index contributed by atoms with van der Waals surface area (Å²) in [7, 11) is 4.43. The highest BCUT2D eigenvalue weighted by Crippen LogP contribution is 2.38. The van der Waals surface area contributed by atoms with Gasteiger partial charge < -0.3 is 4.90 Å². The van der Waals surface area contributed by atoms with Gasteiger partial charge in [-0.2, -0.15) is 11.3 Å². The molecule has 114 valence electrons. The summed E-state index contributed by atoms with van der Waals surface area (Å²) in [6.45, 7) is 2.37. The van der Waals surface area contributed by atoms with Gasteiger partial charge in [0.15, 0.2) is 0 Å². The Kier molecular flexibility index (Phi) is 5.61. The molecule has 1 aliphatic carbocycles. The fraction of sp³-hybridized carbons (Fsp3) is 0.750. The molecule has 1 aromatic rings. The lowest BCUT2D eigenvalue weighted by molar-refractivity contribution is 0.0404. The van der Waals surface area contributed by atoms with Crippen LogP contribution in [0.2, 0.25) is 0 Å². The fourth-order valence-corrected chi connectivity index (χ4v) is 4.33. The van der Waals surface area contributed by atoms with Gasteiger partial charge in [0.25, 0.3) is 0 Å². The fourth-order valence-electron chi connectivity index (χ4n) is 3.62. The predicted molar refractivity (Wildman–Crippen MR) is 87.8 cm³/mol. The molecule has 3 nitrogen and oxygen atoms in total. The van der Waals surface area contributed by atoms with Crippen molar-refractivity contribution >= 4 is 11.3 Å². The van der Waals surface area contributed by atoms with Crippen molar-refractivity contribution in [2.24, 2.45) is 11.8 Å². The largest absolute Gasteiger partial charge is 0.302 e. The van der Waals surface area contributed by atoms with Gasteiger partial charge in [0, 0.05) is 11.6 Å². The van der Waals surface area contributed by atoms with Crippen LogP contribution in [-0.4, -0.2) is 30.6 Å². The number of hydrazine groups is 1. The number of nitrogens with one attached hydrogen (secondary N) is 1. The maximum atomic E-state index is 5.93. The molecule has 0 spiro atoms. The first kappa shape index (κ1) is 16.0. The van der Waals surface area contributed by atoms with Gasteiger partial charge in [-0.3, -0.25) is 11.3 Å². The van der Waals surface area contributed by atoms with Gasteiger partial charge in [0.1, 0.15) is 0 Å². The van der Waals surface area contributed by atoms with Crippen molar-refractivity contribution in [1.29, 1.82) is 0 Å². The molecule has 1 saturated carbocycles. The van der Waals surface area contributed by atoms with Crippen LogP contribution in [0.5, 0.6) is 0 Å². The van der Waals surface area contributed by atoms with Crippen molar-refractivity contribution in [2.45, 2.75) is 57.0 Å². The molecule has 20 heavy (non-hydrogen) atoms. The summed E-state index contributed by atoms with van der Waals surface area (Å²) >= 11 is 1.78. The highest BCUT2D eigenvalue weighted by atomic mass is 32.1. The monoisotopic (exact) mass is 295 g/mol. The molecule has 1 unspecified atom stereocenters. The third kappa shape index (κ3) is 3.42. The Hall–Kier alpha value is -0.420. The third-order valence-electron chi connectivity index (χ3n) is 5.18. The summed E-state index contributed by atoms with van der Waals surface area (Å²) in [4.78, 5) is 2.41. The lowest BCUT2D eigenvalue weighted by atomic mass is 9.71. The van der Waals surface area contributed by atoms with E-state index in [-0.39, 0.29) is 5.54 Å². The van der Waals surface area contributed by atoms with Crippen molar-refractivity contribution in [3.8, 4) is 0 Å². The van der Waals surface area contributed by atoms with E-state index in [1.54, 1.807) is 11.3 Å². The topological polar surface area (TPSA) is 41.3 Å². The van der Waals surface area contributed by atoms with Crippen molar-refractivity contribution in [3.63, 3.8) is 0 Å². The summed E-state index contributed by atoms with van der Waals surface area (Å²) in [5.41, 5.74) is 4.79. The maximum absolute atomic E-state index is 5.93. The number of nitrogens with two attached hydrogens (primary N) is 1. The van der Waals surface area contributed by atoms with Crippen LogP contribution in [0.25, 0.3) is 0 Å². The Morgan fingerprint density at radius 3 is 2.65 bits per heavy atom. The molecule has 1 atom stereocenters. The molecule has 1 heterocycles. The van der Waals surface area contributed by atoms with Crippen molar-refractivity contribution < 1.29 is 0 Å². The van der Waals surface area contributed by atoms with Crippen LogP contribution in [0, 0.1) is 5.92 Å². The first-order chi connectivity index (χ1) is 9.58. The second-order valence-corrected chi connectivity index (χ2v) is 7.35.